The van der Waals surface area contributed by atoms with Crippen molar-refractivity contribution >= 4 is 27.3 Å². The van der Waals surface area contributed by atoms with Crippen LogP contribution in [0.2, 0.25) is 0 Å². The van der Waals surface area contributed by atoms with E-state index in [0.29, 0.717) is 17.6 Å². The maximum atomic E-state index is 6.15. The number of aromatic nitrogens is 2. The average Bonchev–Trinajstić information content (AvgIpc) is 3.01. The summed E-state index contributed by atoms with van der Waals surface area (Å²) in [6, 6.07) is 2.28. The highest BCUT2D eigenvalue weighted by Crippen LogP contribution is 2.29. The zero-order valence-corrected chi connectivity index (χ0v) is 12.9. The molecule has 0 spiro atoms. The van der Waals surface area contributed by atoms with Gasteiger partial charge in [0.2, 0.25) is 11.7 Å². The van der Waals surface area contributed by atoms with Gasteiger partial charge in [-0.15, -0.1) is 11.3 Å². The van der Waals surface area contributed by atoms with Crippen molar-refractivity contribution < 1.29 is 4.52 Å². The third-order valence-electron chi connectivity index (χ3n) is 3.66. The maximum Gasteiger partial charge on any atom is 0.227 e. The fraction of sp³-hybridized carbons (Fsp3) is 0.538. The fourth-order valence-corrected chi connectivity index (χ4v) is 3.93. The van der Waals surface area contributed by atoms with Gasteiger partial charge in [-0.2, -0.15) is 4.98 Å². The Hall–Kier alpha value is -0.720. The van der Waals surface area contributed by atoms with Gasteiger partial charge in [-0.25, -0.2) is 0 Å². The first-order valence-corrected chi connectivity index (χ1v) is 8.22. The molecule has 0 saturated heterocycles. The second-order valence-corrected chi connectivity index (χ2v) is 6.88. The highest BCUT2D eigenvalue weighted by Gasteiger charge is 2.24. The normalized spacial score (nSPS) is 23.7. The SMILES string of the molecule is NC1CCCCC1Cc1nc(-c2cc(Br)cs2)no1. The van der Waals surface area contributed by atoms with E-state index in [1.54, 1.807) is 11.3 Å². The van der Waals surface area contributed by atoms with Gasteiger partial charge >= 0.3 is 0 Å². The molecule has 0 bridgehead atoms. The van der Waals surface area contributed by atoms with Crippen LogP contribution in [0.15, 0.2) is 20.4 Å². The zero-order valence-electron chi connectivity index (χ0n) is 10.5. The standard InChI is InChI=1S/C13H16BrN3OS/c14-9-6-11(19-7-9)13-16-12(18-17-13)5-8-3-1-2-4-10(8)15/h6-8,10H,1-5,15H2. The third kappa shape index (κ3) is 3.07. The Balaban J connectivity index is 1.71. The molecule has 1 aliphatic rings. The fourth-order valence-electron chi connectivity index (χ4n) is 2.58. The van der Waals surface area contributed by atoms with Gasteiger partial charge in [0.25, 0.3) is 0 Å². The molecule has 2 unspecified atom stereocenters. The van der Waals surface area contributed by atoms with Crippen LogP contribution in [0, 0.1) is 5.92 Å². The monoisotopic (exact) mass is 341 g/mol. The second kappa shape index (κ2) is 5.73. The smallest absolute Gasteiger partial charge is 0.227 e. The average molecular weight is 342 g/mol. The third-order valence-corrected chi connectivity index (χ3v) is 5.35. The van der Waals surface area contributed by atoms with Gasteiger partial charge in [0, 0.05) is 22.3 Å². The molecule has 4 nitrogen and oxygen atoms in total. The Bertz CT molecular complexity index is 554. The van der Waals surface area contributed by atoms with Crippen molar-refractivity contribution in [2.45, 2.75) is 38.1 Å². The summed E-state index contributed by atoms with van der Waals surface area (Å²) in [5, 5.41) is 6.07. The molecule has 3 rings (SSSR count). The molecule has 1 saturated carbocycles. The summed E-state index contributed by atoms with van der Waals surface area (Å²) in [4.78, 5) is 5.50. The summed E-state index contributed by atoms with van der Waals surface area (Å²) < 4.78 is 6.40. The van der Waals surface area contributed by atoms with E-state index in [-0.39, 0.29) is 6.04 Å². The number of hydrogen-bond acceptors (Lipinski definition) is 5. The lowest BCUT2D eigenvalue weighted by Crippen LogP contribution is -2.34. The van der Waals surface area contributed by atoms with Crippen LogP contribution in [-0.4, -0.2) is 16.2 Å². The number of hydrogen-bond donors (Lipinski definition) is 1. The van der Waals surface area contributed by atoms with E-state index < -0.39 is 0 Å². The van der Waals surface area contributed by atoms with Crippen molar-refractivity contribution in [3.63, 3.8) is 0 Å². The summed E-state index contributed by atoms with van der Waals surface area (Å²) >= 11 is 5.04. The predicted molar refractivity (Wildman–Crippen MR) is 78.9 cm³/mol. The van der Waals surface area contributed by atoms with Crippen molar-refractivity contribution in [3.8, 4) is 10.7 Å². The van der Waals surface area contributed by atoms with Crippen LogP contribution in [-0.2, 0) is 6.42 Å². The van der Waals surface area contributed by atoms with Crippen molar-refractivity contribution in [1.29, 1.82) is 0 Å². The molecule has 0 aromatic carbocycles. The number of nitrogens with zero attached hydrogens (tertiary/aromatic N) is 2. The molecule has 0 amide bonds. The van der Waals surface area contributed by atoms with Gasteiger partial charge < -0.3 is 10.3 Å². The Labute approximate surface area is 124 Å². The molecular formula is C13H16BrN3OS. The highest BCUT2D eigenvalue weighted by molar-refractivity contribution is 9.10. The van der Waals surface area contributed by atoms with Crippen molar-refractivity contribution in [1.82, 2.24) is 10.1 Å². The molecule has 2 atom stereocenters. The van der Waals surface area contributed by atoms with Gasteiger partial charge in [-0.1, -0.05) is 18.0 Å². The minimum absolute atomic E-state index is 0.278. The van der Waals surface area contributed by atoms with E-state index in [1.165, 1.54) is 19.3 Å². The number of rotatable bonds is 3. The summed E-state index contributed by atoms with van der Waals surface area (Å²) in [7, 11) is 0. The van der Waals surface area contributed by atoms with E-state index in [1.807, 2.05) is 11.4 Å². The second-order valence-electron chi connectivity index (χ2n) is 5.05. The first-order chi connectivity index (χ1) is 9.22. The molecule has 2 heterocycles. The number of halogens is 1. The van der Waals surface area contributed by atoms with Crippen molar-refractivity contribution in [2.75, 3.05) is 0 Å². The van der Waals surface area contributed by atoms with Crippen LogP contribution in [0.25, 0.3) is 10.7 Å². The number of thiophene rings is 1. The van der Waals surface area contributed by atoms with Crippen molar-refractivity contribution in [3.05, 3.63) is 21.8 Å². The van der Waals surface area contributed by atoms with Gasteiger partial charge in [-0.05, 0) is 40.8 Å². The molecule has 0 radical (unpaired) electrons. The first kappa shape index (κ1) is 13.3. The quantitative estimate of drug-likeness (QED) is 0.925. The minimum Gasteiger partial charge on any atom is -0.339 e. The lowest BCUT2D eigenvalue weighted by atomic mass is 9.83. The van der Waals surface area contributed by atoms with E-state index in [0.717, 1.165) is 22.2 Å². The Morgan fingerprint density at radius 3 is 3.00 bits per heavy atom. The Morgan fingerprint density at radius 2 is 2.26 bits per heavy atom. The van der Waals surface area contributed by atoms with E-state index in [9.17, 15) is 0 Å². The van der Waals surface area contributed by atoms with Crippen LogP contribution < -0.4 is 5.73 Å². The largest absolute Gasteiger partial charge is 0.339 e. The molecule has 1 fully saturated rings. The molecule has 6 heteroatoms. The van der Waals surface area contributed by atoms with Crippen LogP contribution in [0.1, 0.15) is 31.6 Å². The Kier molecular flexibility index (Phi) is 4.00. The molecule has 102 valence electrons. The summed E-state index contributed by atoms with van der Waals surface area (Å²) in [6.07, 6.45) is 5.60. The van der Waals surface area contributed by atoms with Crippen LogP contribution in [0.4, 0.5) is 0 Å². The molecule has 1 aliphatic carbocycles. The molecule has 2 N–H and O–H groups in total. The van der Waals surface area contributed by atoms with Gasteiger partial charge in [0.05, 0.1) is 4.88 Å². The molecule has 2 aromatic rings. The van der Waals surface area contributed by atoms with Crippen LogP contribution in [0.5, 0.6) is 0 Å². The van der Waals surface area contributed by atoms with E-state index >= 15 is 0 Å². The summed E-state index contributed by atoms with van der Waals surface area (Å²) in [6.45, 7) is 0. The van der Waals surface area contributed by atoms with Gasteiger partial charge in [0.1, 0.15) is 0 Å². The summed E-state index contributed by atoms with van der Waals surface area (Å²) in [5.41, 5.74) is 6.15. The highest BCUT2D eigenvalue weighted by atomic mass is 79.9. The van der Waals surface area contributed by atoms with E-state index in [4.69, 9.17) is 10.3 Å². The molecule has 2 aromatic heterocycles. The van der Waals surface area contributed by atoms with Crippen LogP contribution in [0.3, 0.4) is 0 Å². The Morgan fingerprint density at radius 1 is 1.42 bits per heavy atom. The van der Waals surface area contributed by atoms with Gasteiger partial charge in [-0.3, -0.25) is 0 Å². The van der Waals surface area contributed by atoms with Gasteiger partial charge in [0.15, 0.2) is 0 Å². The lowest BCUT2D eigenvalue weighted by Gasteiger charge is -2.27. The van der Waals surface area contributed by atoms with E-state index in [2.05, 4.69) is 26.1 Å². The topological polar surface area (TPSA) is 64.9 Å². The first-order valence-electron chi connectivity index (χ1n) is 6.55. The van der Waals surface area contributed by atoms with Crippen molar-refractivity contribution in [2.24, 2.45) is 11.7 Å². The zero-order chi connectivity index (χ0) is 13.2. The molecule has 19 heavy (non-hydrogen) atoms. The lowest BCUT2D eigenvalue weighted by molar-refractivity contribution is 0.273. The molecular weight excluding hydrogens is 326 g/mol. The minimum atomic E-state index is 0.278. The summed E-state index contributed by atoms with van der Waals surface area (Å²) in [5.74, 6) is 1.87. The number of nitrogens with two attached hydrogens (primary N) is 1. The molecule has 0 aliphatic heterocycles. The maximum absolute atomic E-state index is 6.15. The predicted octanol–water partition coefficient (Wildman–Crippen LogP) is 3.62. The van der Waals surface area contributed by atoms with Crippen LogP contribution >= 0.6 is 27.3 Å².